The molecule has 0 amide bonds. The van der Waals surface area contributed by atoms with Gasteiger partial charge in [-0.1, -0.05) is 7.43 Å². The molecule has 0 radical (unpaired) electrons. The molecule has 5 nitrogen and oxygen atoms in total. The van der Waals surface area contributed by atoms with Gasteiger partial charge in [0.15, 0.2) is 0 Å². The summed E-state index contributed by atoms with van der Waals surface area (Å²) in [5.41, 5.74) is 2.87. The van der Waals surface area contributed by atoms with Crippen LogP contribution in [0.4, 0.5) is 17.2 Å². The highest BCUT2D eigenvalue weighted by molar-refractivity contribution is 5.52. The maximum Gasteiger partial charge on any atom is 0.353 e. The fourth-order valence-corrected chi connectivity index (χ4v) is 2.08. The summed E-state index contributed by atoms with van der Waals surface area (Å²) in [6, 6.07) is 11.3. The average molecular weight is 300 g/mol. The van der Waals surface area contributed by atoms with E-state index in [0.717, 1.165) is 30.0 Å². The summed E-state index contributed by atoms with van der Waals surface area (Å²) in [6.07, 6.45) is 1.44. The van der Waals surface area contributed by atoms with Gasteiger partial charge in [0.25, 0.3) is 0 Å². The van der Waals surface area contributed by atoms with Gasteiger partial charge in [0.2, 0.25) is 0 Å². The number of pyridine rings is 1. The van der Waals surface area contributed by atoms with E-state index in [9.17, 15) is 5.21 Å². The Morgan fingerprint density at radius 1 is 1.05 bits per heavy atom. The van der Waals surface area contributed by atoms with Crippen LogP contribution in [0.25, 0.3) is 0 Å². The van der Waals surface area contributed by atoms with Gasteiger partial charge in [-0.05, 0) is 61.8 Å². The third-order valence-corrected chi connectivity index (χ3v) is 3.30. The molecule has 2 aromatic rings. The highest BCUT2D eigenvalue weighted by Gasteiger charge is 2.05. The van der Waals surface area contributed by atoms with Gasteiger partial charge in [0.05, 0.1) is 11.3 Å². The van der Waals surface area contributed by atoms with Crippen molar-refractivity contribution in [2.45, 2.75) is 28.2 Å². The first-order valence-corrected chi connectivity index (χ1v) is 7.10. The normalized spacial score (nSPS) is 10.5. The monoisotopic (exact) mass is 300 g/mol. The van der Waals surface area contributed by atoms with E-state index in [2.05, 4.69) is 29.0 Å². The molecule has 0 bridgehead atoms. The third-order valence-electron chi connectivity index (χ3n) is 3.30. The van der Waals surface area contributed by atoms with Gasteiger partial charge >= 0.3 is 5.82 Å². The molecule has 0 saturated carbocycles. The molecule has 5 heteroatoms. The van der Waals surface area contributed by atoms with Crippen LogP contribution in [0, 0.1) is 12.1 Å². The Balaban J connectivity index is 0.00000242. The highest BCUT2D eigenvalue weighted by Crippen LogP contribution is 2.21. The number of nitrogens with zero attached hydrogens (tertiary/aromatic N) is 4. The molecule has 2 rings (SSSR count). The molecular formula is C17H24N4O. The molecule has 0 atom stereocenters. The van der Waals surface area contributed by atoms with Crippen LogP contribution < -0.4 is 9.63 Å². The Labute approximate surface area is 132 Å². The van der Waals surface area contributed by atoms with E-state index < -0.39 is 0 Å². The number of azo groups is 1. The first-order valence-electron chi connectivity index (χ1n) is 7.10. The zero-order valence-electron chi connectivity index (χ0n) is 12.7. The number of aryl methyl sites for hydroxylation is 1. The Morgan fingerprint density at radius 2 is 1.68 bits per heavy atom. The van der Waals surface area contributed by atoms with E-state index >= 15 is 0 Å². The van der Waals surface area contributed by atoms with Gasteiger partial charge < -0.3 is 10.1 Å². The first kappa shape index (κ1) is 17.6. The standard InChI is InChI=1S/C16H20N4O.CH4/c1-4-19(5-2)15-8-6-14(7-9-15)17-18-16-12-13(3)10-11-20(16)21;/h6-12H,4-5H2,1-3H3;1H4. The fraction of sp³-hybridized carbons (Fsp3) is 0.353. The lowest BCUT2D eigenvalue weighted by atomic mass is 10.2. The van der Waals surface area contributed by atoms with E-state index in [0.29, 0.717) is 10.5 Å². The van der Waals surface area contributed by atoms with Crippen molar-refractivity contribution in [2.75, 3.05) is 18.0 Å². The first-order chi connectivity index (χ1) is 10.1. The molecule has 118 valence electrons. The van der Waals surface area contributed by atoms with Crippen molar-refractivity contribution >= 4 is 17.2 Å². The quantitative estimate of drug-likeness (QED) is 0.463. The lowest BCUT2D eigenvalue weighted by Gasteiger charge is -2.20. The summed E-state index contributed by atoms with van der Waals surface area (Å²) in [4.78, 5) is 2.26. The lowest BCUT2D eigenvalue weighted by Crippen LogP contribution is -2.25. The average Bonchev–Trinajstić information content (AvgIpc) is 2.51. The minimum absolute atomic E-state index is 0. The molecule has 1 heterocycles. The molecule has 1 aromatic carbocycles. The summed E-state index contributed by atoms with van der Waals surface area (Å²) in [7, 11) is 0. The molecule has 0 spiro atoms. The number of hydrogen-bond acceptors (Lipinski definition) is 4. The zero-order chi connectivity index (χ0) is 15.2. The second-order valence-corrected chi connectivity index (χ2v) is 4.78. The van der Waals surface area contributed by atoms with E-state index in [4.69, 9.17) is 0 Å². The summed E-state index contributed by atoms with van der Waals surface area (Å²) in [5.74, 6) is 0.294. The van der Waals surface area contributed by atoms with Crippen LogP contribution >= 0.6 is 0 Å². The molecule has 0 aliphatic carbocycles. The van der Waals surface area contributed by atoms with E-state index in [-0.39, 0.29) is 7.43 Å². The number of benzene rings is 1. The highest BCUT2D eigenvalue weighted by atomic mass is 16.5. The van der Waals surface area contributed by atoms with Crippen LogP contribution in [0.2, 0.25) is 0 Å². The molecule has 0 fully saturated rings. The van der Waals surface area contributed by atoms with Crippen LogP contribution in [0.3, 0.4) is 0 Å². The van der Waals surface area contributed by atoms with Crippen molar-refractivity contribution in [1.82, 2.24) is 0 Å². The van der Waals surface area contributed by atoms with Crippen molar-refractivity contribution in [3.05, 3.63) is 53.4 Å². The predicted molar refractivity (Wildman–Crippen MR) is 91.0 cm³/mol. The summed E-state index contributed by atoms with van der Waals surface area (Å²) in [6.45, 7) is 8.11. The fourth-order valence-electron chi connectivity index (χ4n) is 2.08. The maximum absolute atomic E-state index is 11.6. The van der Waals surface area contributed by atoms with Gasteiger partial charge in [-0.25, -0.2) is 4.73 Å². The number of aromatic nitrogens is 1. The van der Waals surface area contributed by atoms with Crippen LogP contribution in [-0.4, -0.2) is 13.1 Å². The smallest absolute Gasteiger partial charge is 0.353 e. The van der Waals surface area contributed by atoms with Gasteiger partial charge in [-0.15, -0.1) is 0 Å². The second kappa shape index (κ2) is 8.12. The summed E-state index contributed by atoms with van der Waals surface area (Å²) in [5, 5.41) is 19.7. The molecule has 0 aliphatic rings. The van der Waals surface area contributed by atoms with E-state index in [1.807, 2.05) is 31.2 Å². The predicted octanol–water partition coefficient (Wildman–Crippen LogP) is 4.53. The number of anilines is 1. The number of hydrogen-bond donors (Lipinski definition) is 0. The maximum atomic E-state index is 11.6. The van der Waals surface area contributed by atoms with Gasteiger partial charge in [-0.3, -0.25) is 0 Å². The largest absolute Gasteiger partial charge is 0.710 e. The molecule has 22 heavy (non-hydrogen) atoms. The Bertz CT molecular complexity index is 619. The van der Waals surface area contributed by atoms with Crippen molar-refractivity contribution in [2.24, 2.45) is 10.2 Å². The van der Waals surface area contributed by atoms with E-state index in [1.165, 1.54) is 6.20 Å². The van der Waals surface area contributed by atoms with Crippen molar-refractivity contribution in [3.8, 4) is 0 Å². The van der Waals surface area contributed by atoms with Crippen molar-refractivity contribution in [1.29, 1.82) is 0 Å². The molecule has 0 unspecified atom stereocenters. The van der Waals surface area contributed by atoms with Gasteiger partial charge in [0.1, 0.15) is 5.69 Å². The molecule has 0 saturated heterocycles. The van der Waals surface area contributed by atoms with Crippen molar-refractivity contribution < 1.29 is 4.73 Å². The lowest BCUT2D eigenvalue weighted by molar-refractivity contribution is -0.591. The zero-order valence-corrected chi connectivity index (χ0v) is 12.7. The van der Waals surface area contributed by atoms with Crippen LogP contribution in [0.15, 0.2) is 52.8 Å². The van der Waals surface area contributed by atoms with E-state index in [1.54, 1.807) is 12.1 Å². The van der Waals surface area contributed by atoms with Crippen LogP contribution in [0.5, 0.6) is 0 Å². The minimum atomic E-state index is 0. The van der Waals surface area contributed by atoms with Crippen molar-refractivity contribution in [3.63, 3.8) is 0 Å². The third kappa shape index (κ3) is 4.28. The van der Waals surface area contributed by atoms with Crippen LogP contribution in [0.1, 0.15) is 26.8 Å². The topological polar surface area (TPSA) is 54.9 Å². The summed E-state index contributed by atoms with van der Waals surface area (Å²) < 4.78 is 0.709. The number of rotatable bonds is 5. The Morgan fingerprint density at radius 3 is 2.27 bits per heavy atom. The molecule has 0 N–H and O–H groups in total. The van der Waals surface area contributed by atoms with Crippen LogP contribution in [-0.2, 0) is 0 Å². The summed E-state index contributed by atoms with van der Waals surface area (Å²) >= 11 is 0. The van der Waals surface area contributed by atoms with Gasteiger partial charge in [-0.2, -0.15) is 0 Å². The molecular weight excluding hydrogens is 276 g/mol. The molecule has 0 aliphatic heterocycles. The SMILES string of the molecule is C.CCN(CC)c1ccc(N=Nc2cc(C)cc[n+]2[O-])cc1. The Hall–Kier alpha value is -2.43. The Kier molecular flexibility index (Phi) is 6.50. The minimum Gasteiger partial charge on any atom is -0.710 e. The molecule has 1 aromatic heterocycles. The van der Waals surface area contributed by atoms with Gasteiger partial charge in [0, 0.05) is 24.8 Å². The second-order valence-electron chi connectivity index (χ2n) is 4.78.